The van der Waals surface area contributed by atoms with Crippen LogP contribution in [-0.4, -0.2) is 34.7 Å². The van der Waals surface area contributed by atoms with E-state index in [-0.39, 0.29) is 17.8 Å². The molecule has 6 nitrogen and oxygen atoms in total. The monoisotopic (exact) mass is 412 g/mol. The third-order valence-electron chi connectivity index (χ3n) is 3.83. The molecule has 2 atom stereocenters. The van der Waals surface area contributed by atoms with Crippen LogP contribution in [0.3, 0.4) is 0 Å². The molecule has 0 aliphatic carbocycles. The van der Waals surface area contributed by atoms with Gasteiger partial charge in [0.05, 0.1) is 19.1 Å². The predicted octanol–water partition coefficient (Wildman–Crippen LogP) is 4.04. The third kappa shape index (κ3) is 10.4. The molecule has 0 aliphatic rings. The lowest BCUT2D eigenvalue weighted by atomic mass is 10.1. The number of ether oxygens (including phenoxy) is 1. The predicted molar refractivity (Wildman–Crippen MR) is 104 cm³/mol. The SMILES string of the molecule is CC(NC(=O)c1ccncc1)c1ccc(OCCC(F)(F)F)nc1.CCC(C)N. The van der Waals surface area contributed by atoms with E-state index < -0.39 is 19.2 Å². The zero-order valence-corrected chi connectivity index (χ0v) is 16.7. The van der Waals surface area contributed by atoms with Crippen LogP contribution in [-0.2, 0) is 0 Å². The molecule has 1 amide bonds. The van der Waals surface area contributed by atoms with Gasteiger partial charge in [-0.05, 0) is 38.0 Å². The molecule has 0 bridgehead atoms. The van der Waals surface area contributed by atoms with Crippen molar-refractivity contribution in [2.75, 3.05) is 6.61 Å². The fraction of sp³-hybridized carbons (Fsp3) is 0.450. The van der Waals surface area contributed by atoms with Crippen LogP contribution in [0, 0.1) is 0 Å². The second kappa shape index (κ2) is 12.0. The summed E-state index contributed by atoms with van der Waals surface area (Å²) in [5.41, 5.74) is 6.48. The lowest BCUT2D eigenvalue weighted by molar-refractivity contribution is -0.139. The number of hydrogen-bond donors (Lipinski definition) is 2. The van der Waals surface area contributed by atoms with Crippen molar-refractivity contribution in [2.24, 2.45) is 5.73 Å². The van der Waals surface area contributed by atoms with Crippen LogP contribution >= 0.6 is 0 Å². The van der Waals surface area contributed by atoms with Gasteiger partial charge in [0.2, 0.25) is 5.88 Å². The van der Waals surface area contributed by atoms with Gasteiger partial charge in [-0.25, -0.2) is 4.98 Å². The van der Waals surface area contributed by atoms with Gasteiger partial charge in [0.15, 0.2) is 0 Å². The van der Waals surface area contributed by atoms with E-state index in [1.807, 2.05) is 6.92 Å². The fourth-order valence-corrected chi connectivity index (χ4v) is 1.87. The number of nitrogens with two attached hydrogens (primary N) is 1. The number of alkyl halides is 3. The van der Waals surface area contributed by atoms with Gasteiger partial charge >= 0.3 is 6.18 Å². The number of nitrogens with zero attached hydrogens (tertiary/aromatic N) is 2. The second-order valence-electron chi connectivity index (χ2n) is 6.46. The van der Waals surface area contributed by atoms with Gasteiger partial charge in [0.25, 0.3) is 5.91 Å². The first-order valence-electron chi connectivity index (χ1n) is 9.24. The van der Waals surface area contributed by atoms with Crippen molar-refractivity contribution < 1.29 is 22.7 Å². The first-order chi connectivity index (χ1) is 13.6. The Balaban J connectivity index is 0.000000749. The van der Waals surface area contributed by atoms with Crippen molar-refractivity contribution in [1.82, 2.24) is 15.3 Å². The largest absolute Gasteiger partial charge is 0.477 e. The minimum Gasteiger partial charge on any atom is -0.477 e. The summed E-state index contributed by atoms with van der Waals surface area (Å²) in [5.74, 6) is -0.147. The summed E-state index contributed by atoms with van der Waals surface area (Å²) in [6.45, 7) is 5.37. The Hall–Kier alpha value is -2.68. The average molecular weight is 412 g/mol. The van der Waals surface area contributed by atoms with Gasteiger partial charge in [-0.3, -0.25) is 9.78 Å². The number of nitrogens with one attached hydrogen (secondary N) is 1. The smallest absolute Gasteiger partial charge is 0.392 e. The van der Waals surface area contributed by atoms with Gasteiger partial charge in [-0.2, -0.15) is 13.2 Å². The van der Waals surface area contributed by atoms with Crippen LogP contribution in [0.1, 0.15) is 55.6 Å². The number of pyridine rings is 2. The number of amides is 1. The molecule has 3 N–H and O–H groups in total. The zero-order valence-electron chi connectivity index (χ0n) is 16.7. The standard InChI is InChI=1S/C16H16F3N3O2.C4H11N/c1-11(22-15(23)12-4-7-20-8-5-12)13-2-3-14(21-10-13)24-9-6-16(17,18)19;1-3-4(2)5/h2-5,7-8,10-11H,6,9H2,1H3,(H,22,23);4H,3,5H2,1-2H3. The Kier molecular flexibility index (Phi) is 10.1. The molecule has 29 heavy (non-hydrogen) atoms. The highest BCUT2D eigenvalue weighted by Crippen LogP contribution is 2.20. The summed E-state index contributed by atoms with van der Waals surface area (Å²) in [7, 11) is 0. The van der Waals surface area contributed by atoms with Crippen LogP contribution in [0.25, 0.3) is 0 Å². The Morgan fingerprint density at radius 3 is 2.31 bits per heavy atom. The molecule has 0 saturated heterocycles. The number of carbonyl (C=O) groups excluding carboxylic acids is 1. The molecule has 2 unspecified atom stereocenters. The lowest BCUT2D eigenvalue weighted by Crippen LogP contribution is -2.26. The van der Waals surface area contributed by atoms with Gasteiger partial charge in [-0.15, -0.1) is 0 Å². The lowest BCUT2D eigenvalue weighted by Gasteiger charge is -2.14. The van der Waals surface area contributed by atoms with Crippen LogP contribution in [0.15, 0.2) is 42.9 Å². The minimum absolute atomic E-state index is 0.107. The Bertz CT molecular complexity index is 723. The normalized spacial score (nSPS) is 12.9. The highest BCUT2D eigenvalue weighted by molar-refractivity contribution is 5.94. The van der Waals surface area contributed by atoms with E-state index in [1.165, 1.54) is 24.7 Å². The molecule has 2 aromatic heterocycles. The van der Waals surface area contributed by atoms with E-state index in [9.17, 15) is 18.0 Å². The molecule has 2 heterocycles. The highest BCUT2D eigenvalue weighted by Gasteiger charge is 2.26. The molecule has 160 valence electrons. The molecule has 9 heteroatoms. The highest BCUT2D eigenvalue weighted by atomic mass is 19.4. The maximum absolute atomic E-state index is 12.0. The van der Waals surface area contributed by atoms with Crippen LogP contribution in [0.2, 0.25) is 0 Å². The number of aromatic nitrogens is 2. The van der Waals surface area contributed by atoms with Gasteiger partial charge in [0.1, 0.15) is 0 Å². The average Bonchev–Trinajstić information content (AvgIpc) is 2.68. The maximum Gasteiger partial charge on any atom is 0.392 e. The summed E-state index contributed by atoms with van der Waals surface area (Å²) >= 11 is 0. The molecule has 0 aromatic carbocycles. The second-order valence-corrected chi connectivity index (χ2v) is 6.46. The number of carbonyl (C=O) groups is 1. The van der Waals surface area contributed by atoms with Gasteiger partial charge in [0, 0.05) is 36.3 Å². The fourth-order valence-electron chi connectivity index (χ4n) is 1.87. The Morgan fingerprint density at radius 1 is 1.21 bits per heavy atom. The molecular formula is C20H27F3N4O2. The van der Waals surface area contributed by atoms with Crippen molar-refractivity contribution in [1.29, 1.82) is 0 Å². The molecule has 0 spiro atoms. The quantitative estimate of drug-likeness (QED) is 0.716. The summed E-state index contributed by atoms with van der Waals surface area (Å²) in [6.07, 6.45) is 0.295. The van der Waals surface area contributed by atoms with Crippen molar-refractivity contribution in [3.63, 3.8) is 0 Å². The van der Waals surface area contributed by atoms with Crippen molar-refractivity contribution >= 4 is 5.91 Å². The van der Waals surface area contributed by atoms with Crippen molar-refractivity contribution in [3.8, 4) is 5.88 Å². The summed E-state index contributed by atoms with van der Waals surface area (Å²) in [5, 5.41) is 2.80. The summed E-state index contributed by atoms with van der Waals surface area (Å²) < 4.78 is 41.1. The van der Waals surface area contributed by atoms with Crippen molar-refractivity contribution in [3.05, 3.63) is 54.0 Å². The first kappa shape index (κ1) is 24.4. The summed E-state index contributed by atoms with van der Waals surface area (Å²) in [4.78, 5) is 19.8. The first-order valence-corrected chi connectivity index (χ1v) is 9.24. The summed E-state index contributed by atoms with van der Waals surface area (Å²) in [6, 6.07) is 6.38. The molecule has 0 radical (unpaired) electrons. The Labute approximate surface area is 168 Å². The van der Waals surface area contributed by atoms with E-state index in [1.54, 1.807) is 25.1 Å². The van der Waals surface area contributed by atoms with Crippen molar-refractivity contribution in [2.45, 2.75) is 51.9 Å². The van der Waals surface area contributed by atoms with Crippen LogP contribution in [0.5, 0.6) is 5.88 Å². The van der Waals surface area contributed by atoms with E-state index in [0.717, 1.165) is 6.42 Å². The third-order valence-corrected chi connectivity index (χ3v) is 3.83. The Morgan fingerprint density at radius 2 is 1.83 bits per heavy atom. The van der Waals surface area contributed by atoms with E-state index in [2.05, 4.69) is 22.2 Å². The van der Waals surface area contributed by atoms with Gasteiger partial charge in [-0.1, -0.05) is 13.0 Å². The molecule has 0 aliphatic heterocycles. The minimum atomic E-state index is -4.26. The van der Waals surface area contributed by atoms with E-state index in [0.29, 0.717) is 17.2 Å². The van der Waals surface area contributed by atoms with E-state index in [4.69, 9.17) is 10.5 Å². The number of rotatable bonds is 7. The van der Waals surface area contributed by atoms with Crippen LogP contribution < -0.4 is 15.8 Å². The number of halogens is 3. The molecule has 2 aromatic rings. The van der Waals surface area contributed by atoms with Gasteiger partial charge < -0.3 is 15.8 Å². The molecular weight excluding hydrogens is 385 g/mol. The maximum atomic E-state index is 12.0. The number of hydrogen-bond acceptors (Lipinski definition) is 5. The zero-order chi connectivity index (χ0) is 21.9. The van der Waals surface area contributed by atoms with Crippen LogP contribution in [0.4, 0.5) is 13.2 Å². The molecule has 0 saturated carbocycles. The molecule has 2 rings (SSSR count). The van der Waals surface area contributed by atoms with E-state index >= 15 is 0 Å². The molecule has 0 fully saturated rings. The topological polar surface area (TPSA) is 90.1 Å².